The molecule has 1 N–H and O–H groups in total. The normalized spacial score (nSPS) is 21.2. The number of ether oxygens (including phenoxy) is 1. The lowest BCUT2D eigenvalue weighted by Gasteiger charge is -2.34. The van der Waals surface area contributed by atoms with Crippen LogP contribution in [-0.4, -0.2) is 44.6 Å². The van der Waals surface area contributed by atoms with Crippen molar-refractivity contribution in [3.63, 3.8) is 0 Å². The van der Waals surface area contributed by atoms with E-state index in [-0.39, 0.29) is 11.9 Å². The third-order valence-electron chi connectivity index (χ3n) is 4.84. The van der Waals surface area contributed by atoms with Crippen LogP contribution in [0.1, 0.15) is 36.0 Å². The highest BCUT2D eigenvalue weighted by molar-refractivity contribution is 5.99. The van der Waals surface area contributed by atoms with E-state index in [0.717, 1.165) is 18.4 Å². The first-order chi connectivity index (χ1) is 11.6. The average molecular weight is 330 g/mol. The molecule has 0 aliphatic heterocycles. The summed E-state index contributed by atoms with van der Waals surface area (Å²) in [5, 5.41) is 4.12. The van der Waals surface area contributed by atoms with Crippen molar-refractivity contribution in [2.45, 2.75) is 31.7 Å². The standard InChI is InChI=1S/C19H26N2O3/c1-21(2)12-13-6-4-5-7-16(13)20-19(22)14-10-17(23-3)15-8-9-24-18(15)11-14/h8-11,13,16H,4-7,12H2,1-3H3,(H,20,22). The predicted molar refractivity (Wildman–Crippen MR) is 94.5 cm³/mol. The van der Waals surface area contributed by atoms with Gasteiger partial charge in [0.25, 0.3) is 5.91 Å². The Morgan fingerprint density at radius 2 is 2.12 bits per heavy atom. The topological polar surface area (TPSA) is 54.7 Å². The first kappa shape index (κ1) is 16.8. The zero-order valence-electron chi connectivity index (χ0n) is 14.7. The number of rotatable bonds is 5. The van der Waals surface area contributed by atoms with Crippen LogP contribution in [0.4, 0.5) is 0 Å². The predicted octanol–water partition coefficient (Wildman–Crippen LogP) is 3.29. The molecule has 1 amide bonds. The van der Waals surface area contributed by atoms with E-state index in [2.05, 4.69) is 24.3 Å². The Morgan fingerprint density at radius 3 is 2.88 bits per heavy atom. The van der Waals surface area contributed by atoms with Crippen molar-refractivity contribution < 1.29 is 13.9 Å². The highest BCUT2D eigenvalue weighted by Gasteiger charge is 2.27. The zero-order chi connectivity index (χ0) is 17.1. The molecule has 0 spiro atoms. The number of nitrogens with zero attached hydrogens (tertiary/aromatic N) is 1. The second-order valence-corrected chi connectivity index (χ2v) is 6.90. The van der Waals surface area contributed by atoms with E-state index in [1.165, 1.54) is 19.3 Å². The fraction of sp³-hybridized carbons (Fsp3) is 0.526. The maximum Gasteiger partial charge on any atom is 0.251 e. The van der Waals surface area contributed by atoms with Gasteiger partial charge in [0.05, 0.1) is 18.8 Å². The van der Waals surface area contributed by atoms with Gasteiger partial charge in [0.1, 0.15) is 11.3 Å². The van der Waals surface area contributed by atoms with Crippen molar-refractivity contribution in [1.82, 2.24) is 10.2 Å². The number of fused-ring (bicyclic) bond motifs is 1. The minimum Gasteiger partial charge on any atom is -0.496 e. The summed E-state index contributed by atoms with van der Waals surface area (Å²) in [7, 11) is 5.78. The molecule has 0 radical (unpaired) electrons. The number of hydrogen-bond donors (Lipinski definition) is 1. The van der Waals surface area contributed by atoms with Crippen molar-refractivity contribution in [3.8, 4) is 5.75 Å². The minimum atomic E-state index is -0.0535. The third kappa shape index (κ3) is 3.56. The highest BCUT2D eigenvalue weighted by atomic mass is 16.5. The van der Waals surface area contributed by atoms with Crippen molar-refractivity contribution in [1.29, 1.82) is 0 Å². The summed E-state index contributed by atoms with van der Waals surface area (Å²) < 4.78 is 10.8. The number of furan rings is 1. The molecule has 2 aromatic rings. The van der Waals surface area contributed by atoms with Crippen LogP contribution in [0.3, 0.4) is 0 Å². The molecule has 130 valence electrons. The van der Waals surface area contributed by atoms with Gasteiger partial charge in [0.15, 0.2) is 0 Å². The van der Waals surface area contributed by atoms with Gasteiger partial charge < -0.3 is 19.4 Å². The molecule has 2 unspecified atom stereocenters. The van der Waals surface area contributed by atoms with Crippen LogP contribution in [0.2, 0.25) is 0 Å². The van der Waals surface area contributed by atoms with Gasteiger partial charge in [-0.25, -0.2) is 0 Å². The Morgan fingerprint density at radius 1 is 1.33 bits per heavy atom. The fourth-order valence-corrected chi connectivity index (χ4v) is 3.68. The molecule has 0 saturated heterocycles. The van der Waals surface area contributed by atoms with Gasteiger partial charge in [-0.2, -0.15) is 0 Å². The van der Waals surface area contributed by atoms with Gasteiger partial charge in [0.2, 0.25) is 0 Å². The summed E-state index contributed by atoms with van der Waals surface area (Å²) in [4.78, 5) is 15.0. The summed E-state index contributed by atoms with van der Waals surface area (Å²) in [6.07, 6.45) is 6.25. The molecule has 1 heterocycles. The summed E-state index contributed by atoms with van der Waals surface area (Å²) in [5.41, 5.74) is 1.26. The Bertz CT molecular complexity index is 708. The number of methoxy groups -OCH3 is 1. The Kier molecular flexibility index (Phi) is 5.09. The molecule has 5 heteroatoms. The van der Waals surface area contributed by atoms with Gasteiger partial charge in [-0.3, -0.25) is 4.79 Å². The smallest absolute Gasteiger partial charge is 0.251 e. The molecular weight excluding hydrogens is 304 g/mol. The van der Waals surface area contributed by atoms with E-state index in [0.29, 0.717) is 22.8 Å². The zero-order valence-corrected chi connectivity index (χ0v) is 14.7. The Hall–Kier alpha value is -2.01. The molecule has 0 bridgehead atoms. The molecule has 1 aromatic heterocycles. The maximum absolute atomic E-state index is 12.8. The first-order valence-electron chi connectivity index (χ1n) is 8.59. The molecule has 1 saturated carbocycles. The second-order valence-electron chi connectivity index (χ2n) is 6.90. The monoisotopic (exact) mass is 330 g/mol. The molecular formula is C19H26N2O3. The van der Waals surface area contributed by atoms with E-state index in [4.69, 9.17) is 9.15 Å². The van der Waals surface area contributed by atoms with E-state index in [1.54, 1.807) is 25.5 Å². The quantitative estimate of drug-likeness (QED) is 0.914. The SMILES string of the molecule is COc1cc(C(=O)NC2CCCCC2CN(C)C)cc2occc12. The van der Waals surface area contributed by atoms with E-state index >= 15 is 0 Å². The lowest BCUT2D eigenvalue weighted by atomic mass is 9.84. The Balaban J connectivity index is 1.78. The highest BCUT2D eigenvalue weighted by Crippen LogP contribution is 2.29. The van der Waals surface area contributed by atoms with Crippen molar-refractivity contribution >= 4 is 16.9 Å². The van der Waals surface area contributed by atoms with Crippen LogP contribution in [0.15, 0.2) is 28.9 Å². The number of nitrogens with one attached hydrogen (secondary N) is 1. The van der Waals surface area contributed by atoms with Gasteiger partial charge >= 0.3 is 0 Å². The third-order valence-corrected chi connectivity index (χ3v) is 4.84. The minimum absolute atomic E-state index is 0.0535. The van der Waals surface area contributed by atoms with Crippen LogP contribution >= 0.6 is 0 Å². The van der Waals surface area contributed by atoms with E-state index in [1.807, 2.05) is 6.07 Å². The van der Waals surface area contributed by atoms with Crippen LogP contribution in [0, 0.1) is 5.92 Å². The summed E-state index contributed by atoms with van der Waals surface area (Å²) in [5.74, 6) is 1.12. The van der Waals surface area contributed by atoms with Crippen LogP contribution < -0.4 is 10.1 Å². The molecule has 1 aromatic carbocycles. The largest absolute Gasteiger partial charge is 0.496 e. The van der Waals surface area contributed by atoms with Crippen LogP contribution in [-0.2, 0) is 0 Å². The molecule has 1 fully saturated rings. The summed E-state index contributed by atoms with van der Waals surface area (Å²) >= 11 is 0. The molecule has 24 heavy (non-hydrogen) atoms. The van der Waals surface area contributed by atoms with Gasteiger partial charge in [-0.1, -0.05) is 12.8 Å². The lowest BCUT2D eigenvalue weighted by molar-refractivity contribution is 0.0895. The van der Waals surface area contributed by atoms with Gasteiger partial charge in [-0.15, -0.1) is 0 Å². The van der Waals surface area contributed by atoms with Crippen LogP contribution in [0.5, 0.6) is 5.75 Å². The molecule has 5 nitrogen and oxygen atoms in total. The molecule has 3 rings (SSSR count). The van der Waals surface area contributed by atoms with Crippen molar-refractivity contribution in [3.05, 3.63) is 30.0 Å². The number of carbonyl (C=O) groups is 1. The van der Waals surface area contributed by atoms with E-state index in [9.17, 15) is 4.79 Å². The van der Waals surface area contributed by atoms with Crippen LogP contribution in [0.25, 0.3) is 11.0 Å². The molecule has 1 aliphatic rings. The van der Waals surface area contributed by atoms with Gasteiger partial charge in [-0.05, 0) is 51.1 Å². The summed E-state index contributed by atoms with van der Waals surface area (Å²) in [6, 6.07) is 5.66. The number of carbonyl (C=O) groups excluding carboxylic acids is 1. The number of benzene rings is 1. The summed E-state index contributed by atoms with van der Waals surface area (Å²) in [6.45, 7) is 1.01. The lowest BCUT2D eigenvalue weighted by Crippen LogP contribution is -2.45. The van der Waals surface area contributed by atoms with E-state index < -0.39 is 0 Å². The number of hydrogen-bond acceptors (Lipinski definition) is 4. The van der Waals surface area contributed by atoms with Gasteiger partial charge in [0, 0.05) is 18.2 Å². The fourth-order valence-electron chi connectivity index (χ4n) is 3.68. The van der Waals surface area contributed by atoms with Crippen molar-refractivity contribution in [2.24, 2.45) is 5.92 Å². The van der Waals surface area contributed by atoms with Crippen molar-refractivity contribution in [2.75, 3.05) is 27.7 Å². The molecule has 1 aliphatic carbocycles. The second kappa shape index (κ2) is 7.26. The Labute approximate surface area is 143 Å². The first-order valence-corrected chi connectivity index (χ1v) is 8.59. The maximum atomic E-state index is 12.8. The molecule has 2 atom stereocenters. The number of amides is 1. The average Bonchev–Trinajstić information content (AvgIpc) is 3.03.